The Morgan fingerprint density at radius 2 is 2.35 bits per heavy atom. The molecule has 0 aliphatic carbocycles. The molecule has 1 aliphatic rings. The third-order valence-electron chi connectivity index (χ3n) is 3.55. The number of carbonyl (C=O) groups is 2. The van der Waals surface area contributed by atoms with Gasteiger partial charge in [-0.25, -0.2) is 14.6 Å². The van der Waals surface area contributed by atoms with Crippen molar-refractivity contribution in [1.82, 2.24) is 9.88 Å². The molecule has 1 N–H and O–H groups in total. The normalized spacial score (nSPS) is 17.4. The standard InChI is InChI=1S/C16H20N2O5/c1-2-8-22-16(21)18-7-3-4-12(10-18)11-23-14-9-13(15(19)20)5-6-17-14/h2,5-6,9,12H,1,3-4,7-8,10-11H2,(H,19,20). The maximum absolute atomic E-state index is 11.8. The molecule has 1 aliphatic heterocycles. The van der Waals surface area contributed by atoms with Gasteiger partial charge >= 0.3 is 12.1 Å². The van der Waals surface area contributed by atoms with Crippen LogP contribution in [0.1, 0.15) is 23.2 Å². The van der Waals surface area contributed by atoms with Crippen LogP contribution in [0, 0.1) is 5.92 Å². The topological polar surface area (TPSA) is 89.0 Å². The molecule has 7 heteroatoms. The monoisotopic (exact) mass is 320 g/mol. The number of amides is 1. The van der Waals surface area contributed by atoms with E-state index >= 15 is 0 Å². The third-order valence-corrected chi connectivity index (χ3v) is 3.55. The fourth-order valence-electron chi connectivity index (χ4n) is 2.41. The van der Waals surface area contributed by atoms with E-state index in [1.54, 1.807) is 4.90 Å². The Kier molecular flexibility index (Phi) is 5.96. The molecular weight excluding hydrogens is 300 g/mol. The van der Waals surface area contributed by atoms with Gasteiger partial charge in [0, 0.05) is 31.3 Å². The average Bonchev–Trinajstić information content (AvgIpc) is 2.58. The highest BCUT2D eigenvalue weighted by Gasteiger charge is 2.25. The highest BCUT2D eigenvalue weighted by Crippen LogP contribution is 2.19. The molecule has 1 saturated heterocycles. The minimum absolute atomic E-state index is 0.133. The van der Waals surface area contributed by atoms with Crippen molar-refractivity contribution in [3.8, 4) is 5.88 Å². The maximum atomic E-state index is 11.8. The van der Waals surface area contributed by atoms with Crippen molar-refractivity contribution in [2.75, 3.05) is 26.3 Å². The molecule has 23 heavy (non-hydrogen) atoms. The number of nitrogens with zero attached hydrogens (tertiary/aromatic N) is 2. The molecule has 7 nitrogen and oxygen atoms in total. The number of rotatable bonds is 6. The largest absolute Gasteiger partial charge is 0.478 e. The summed E-state index contributed by atoms with van der Waals surface area (Å²) in [6.45, 7) is 5.30. The van der Waals surface area contributed by atoms with E-state index in [4.69, 9.17) is 14.6 Å². The summed E-state index contributed by atoms with van der Waals surface area (Å²) < 4.78 is 10.6. The van der Waals surface area contributed by atoms with E-state index in [0.717, 1.165) is 12.8 Å². The molecule has 1 fully saturated rings. The zero-order valence-electron chi connectivity index (χ0n) is 12.8. The van der Waals surface area contributed by atoms with Gasteiger partial charge < -0.3 is 19.5 Å². The molecule has 2 rings (SSSR count). The lowest BCUT2D eigenvalue weighted by molar-refractivity contribution is 0.0693. The van der Waals surface area contributed by atoms with Crippen LogP contribution in [0.2, 0.25) is 0 Å². The molecule has 0 saturated carbocycles. The smallest absolute Gasteiger partial charge is 0.410 e. The first kappa shape index (κ1) is 16.8. The molecule has 124 valence electrons. The van der Waals surface area contributed by atoms with E-state index in [-0.39, 0.29) is 30.1 Å². The van der Waals surface area contributed by atoms with Gasteiger partial charge in [-0.1, -0.05) is 12.7 Å². The van der Waals surface area contributed by atoms with Crippen LogP contribution in [0.5, 0.6) is 5.88 Å². The van der Waals surface area contributed by atoms with Crippen molar-refractivity contribution in [2.24, 2.45) is 5.92 Å². The lowest BCUT2D eigenvalue weighted by Crippen LogP contribution is -2.41. The summed E-state index contributed by atoms with van der Waals surface area (Å²) in [5.74, 6) is -0.586. The maximum Gasteiger partial charge on any atom is 0.410 e. The molecular formula is C16H20N2O5. The first-order valence-electron chi connectivity index (χ1n) is 7.45. The Morgan fingerprint density at radius 3 is 3.09 bits per heavy atom. The van der Waals surface area contributed by atoms with Crippen molar-refractivity contribution >= 4 is 12.1 Å². The van der Waals surface area contributed by atoms with Gasteiger partial charge in [0.15, 0.2) is 0 Å². The predicted octanol–water partition coefficient (Wildman–Crippen LogP) is 2.19. The van der Waals surface area contributed by atoms with Crippen molar-refractivity contribution < 1.29 is 24.2 Å². The van der Waals surface area contributed by atoms with Gasteiger partial charge in [0.25, 0.3) is 0 Å². The molecule has 1 aromatic rings. The number of ether oxygens (including phenoxy) is 2. The molecule has 0 radical (unpaired) electrons. The minimum atomic E-state index is -1.02. The SMILES string of the molecule is C=CCOC(=O)N1CCCC(COc2cc(C(=O)O)ccn2)C1. The first-order valence-corrected chi connectivity index (χ1v) is 7.45. The molecule has 0 bridgehead atoms. The minimum Gasteiger partial charge on any atom is -0.478 e. The Morgan fingerprint density at radius 1 is 1.52 bits per heavy atom. The van der Waals surface area contributed by atoms with E-state index in [9.17, 15) is 9.59 Å². The van der Waals surface area contributed by atoms with Crippen LogP contribution in [-0.4, -0.2) is 53.4 Å². The van der Waals surface area contributed by atoms with Gasteiger partial charge in [-0.2, -0.15) is 0 Å². The van der Waals surface area contributed by atoms with E-state index < -0.39 is 5.97 Å². The van der Waals surface area contributed by atoms with Crippen LogP contribution in [0.15, 0.2) is 31.0 Å². The lowest BCUT2D eigenvalue weighted by atomic mass is 9.99. The number of carboxylic acids is 1. The molecule has 0 spiro atoms. The molecule has 1 atom stereocenters. The average molecular weight is 320 g/mol. The molecule has 1 aromatic heterocycles. The summed E-state index contributed by atoms with van der Waals surface area (Å²) in [5, 5.41) is 8.94. The van der Waals surface area contributed by atoms with Gasteiger partial charge in [-0.3, -0.25) is 0 Å². The second-order valence-electron chi connectivity index (χ2n) is 5.32. The second kappa shape index (κ2) is 8.17. The predicted molar refractivity (Wildman–Crippen MR) is 82.5 cm³/mol. The lowest BCUT2D eigenvalue weighted by Gasteiger charge is -2.31. The Balaban J connectivity index is 1.85. The fourth-order valence-corrected chi connectivity index (χ4v) is 2.41. The zero-order valence-corrected chi connectivity index (χ0v) is 12.8. The third kappa shape index (κ3) is 4.98. The fraction of sp³-hybridized carbons (Fsp3) is 0.438. The zero-order chi connectivity index (χ0) is 16.7. The summed E-state index contributed by atoms with van der Waals surface area (Å²) in [6.07, 6.45) is 4.40. The van der Waals surface area contributed by atoms with Crippen molar-refractivity contribution in [3.05, 3.63) is 36.5 Å². The number of hydrogen-bond acceptors (Lipinski definition) is 5. The molecule has 0 aromatic carbocycles. The Bertz CT molecular complexity index is 575. The van der Waals surface area contributed by atoms with Crippen LogP contribution >= 0.6 is 0 Å². The summed E-state index contributed by atoms with van der Waals surface area (Å²) in [5.41, 5.74) is 0.133. The van der Waals surface area contributed by atoms with Crippen LogP contribution < -0.4 is 4.74 Å². The highest BCUT2D eigenvalue weighted by atomic mass is 16.6. The van der Waals surface area contributed by atoms with Crippen molar-refractivity contribution in [3.63, 3.8) is 0 Å². The van der Waals surface area contributed by atoms with Gasteiger partial charge in [0.05, 0.1) is 12.2 Å². The number of likely N-dealkylation sites (tertiary alicyclic amines) is 1. The number of aromatic nitrogens is 1. The second-order valence-corrected chi connectivity index (χ2v) is 5.32. The Labute approximate surface area is 134 Å². The number of piperidine rings is 1. The van der Waals surface area contributed by atoms with Crippen molar-refractivity contribution in [2.45, 2.75) is 12.8 Å². The number of hydrogen-bond donors (Lipinski definition) is 1. The van der Waals surface area contributed by atoms with Crippen LogP contribution in [0.3, 0.4) is 0 Å². The number of aromatic carboxylic acids is 1. The van der Waals surface area contributed by atoms with E-state index in [1.165, 1.54) is 24.4 Å². The van der Waals surface area contributed by atoms with Gasteiger partial charge in [0.2, 0.25) is 5.88 Å². The van der Waals surface area contributed by atoms with Gasteiger partial charge in [0.1, 0.15) is 6.61 Å². The van der Waals surface area contributed by atoms with Crippen LogP contribution in [0.4, 0.5) is 4.79 Å². The van der Waals surface area contributed by atoms with Crippen LogP contribution in [0.25, 0.3) is 0 Å². The summed E-state index contributed by atoms with van der Waals surface area (Å²) in [4.78, 5) is 28.4. The first-order chi connectivity index (χ1) is 11.1. The molecule has 2 heterocycles. The molecule has 1 amide bonds. The summed E-state index contributed by atoms with van der Waals surface area (Å²) in [7, 11) is 0. The van der Waals surface area contributed by atoms with E-state index in [0.29, 0.717) is 19.7 Å². The van der Waals surface area contributed by atoms with E-state index in [2.05, 4.69) is 11.6 Å². The van der Waals surface area contributed by atoms with Gasteiger partial charge in [-0.15, -0.1) is 0 Å². The quantitative estimate of drug-likeness (QED) is 0.808. The number of carboxylic acid groups (broad SMARTS) is 1. The van der Waals surface area contributed by atoms with Crippen LogP contribution in [-0.2, 0) is 4.74 Å². The summed E-state index contributed by atoms with van der Waals surface area (Å²) in [6, 6.07) is 2.80. The number of carbonyl (C=O) groups excluding carboxylic acids is 1. The summed E-state index contributed by atoms with van der Waals surface area (Å²) >= 11 is 0. The molecule has 1 unspecified atom stereocenters. The highest BCUT2D eigenvalue weighted by molar-refractivity contribution is 5.87. The Hall–Kier alpha value is -2.57. The van der Waals surface area contributed by atoms with E-state index in [1.807, 2.05) is 0 Å². The van der Waals surface area contributed by atoms with Gasteiger partial charge in [-0.05, 0) is 18.9 Å². The number of pyridine rings is 1. The van der Waals surface area contributed by atoms with Crippen molar-refractivity contribution in [1.29, 1.82) is 0 Å².